The van der Waals surface area contributed by atoms with Crippen molar-refractivity contribution in [1.29, 1.82) is 0 Å². The normalized spacial score (nSPS) is 27.0. The number of nitrogens with one attached hydrogen (secondary N) is 1. The number of benzene rings is 1. The van der Waals surface area contributed by atoms with E-state index in [1.807, 2.05) is 6.07 Å². The molecule has 130 valence electrons. The number of aromatic nitrogens is 1. The van der Waals surface area contributed by atoms with Crippen molar-refractivity contribution in [3.05, 3.63) is 29.5 Å². The van der Waals surface area contributed by atoms with E-state index in [9.17, 15) is 5.11 Å². The van der Waals surface area contributed by atoms with E-state index in [1.165, 1.54) is 35.1 Å². The first-order valence-electron chi connectivity index (χ1n) is 9.28. The Kier molecular flexibility index (Phi) is 4.27. The number of hydrogen-bond acceptors (Lipinski definition) is 3. The molecule has 2 aliphatic rings. The summed E-state index contributed by atoms with van der Waals surface area (Å²) < 4.78 is 5.41. The molecule has 1 aromatic heterocycles. The first kappa shape index (κ1) is 16.0. The number of piperidine rings is 1. The Morgan fingerprint density at radius 2 is 2.21 bits per heavy atom. The minimum absolute atomic E-state index is 0.310. The maximum Gasteiger partial charge on any atom is 0.119 e. The van der Waals surface area contributed by atoms with Gasteiger partial charge < -0.3 is 14.8 Å². The largest absolute Gasteiger partial charge is 0.497 e. The highest BCUT2D eigenvalue weighted by molar-refractivity contribution is 5.86. The summed E-state index contributed by atoms with van der Waals surface area (Å²) in [4.78, 5) is 6.37. The lowest BCUT2D eigenvalue weighted by atomic mass is 9.76. The van der Waals surface area contributed by atoms with Crippen LogP contribution in [0.2, 0.25) is 0 Å². The zero-order chi connectivity index (χ0) is 16.7. The average molecular weight is 328 g/mol. The molecule has 0 spiro atoms. The van der Waals surface area contributed by atoms with E-state index < -0.39 is 0 Å². The van der Waals surface area contributed by atoms with Crippen LogP contribution in [0.1, 0.15) is 43.5 Å². The monoisotopic (exact) mass is 328 g/mol. The average Bonchev–Trinajstić information content (AvgIpc) is 2.99. The summed E-state index contributed by atoms with van der Waals surface area (Å²) in [6, 6.07) is 6.82. The SMILES string of the molecule is CC[C@@H]1CN2CCc3c([nH]c4ccc(OC)cc34)[C@@H]2C[C@@H]1CCO. The van der Waals surface area contributed by atoms with Crippen LogP contribution in [0.3, 0.4) is 0 Å². The van der Waals surface area contributed by atoms with Gasteiger partial charge in [0.05, 0.1) is 13.2 Å². The van der Waals surface area contributed by atoms with Crippen molar-refractivity contribution in [1.82, 2.24) is 9.88 Å². The number of hydrogen-bond donors (Lipinski definition) is 2. The van der Waals surface area contributed by atoms with Gasteiger partial charge in [0.25, 0.3) is 0 Å². The summed E-state index contributed by atoms with van der Waals surface area (Å²) in [5.41, 5.74) is 4.10. The fourth-order valence-electron chi connectivity index (χ4n) is 4.92. The highest BCUT2D eigenvalue weighted by atomic mass is 16.5. The van der Waals surface area contributed by atoms with Gasteiger partial charge in [0.2, 0.25) is 0 Å². The molecule has 1 fully saturated rings. The molecule has 4 nitrogen and oxygen atoms in total. The maximum absolute atomic E-state index is 9.46. The van der Waals surface area contributed by atoms with Crippen LogP contribution < -0.4 is 4.74 Å². The summed E-state index contributed by atoms with van der Waals surface area (Å²) in [5.74, 6) is 2.28. The van der Waals surface area contributed by atoms with Crippen LogP contribution in [-0.4, -0.2) is 41.8 Å². The van der Waals surface area contributed by atoms with Crippen LogP contribution in [0.15, 0.2) is 18.2 Å². The molecule has 1 aromatic carbocycles. The van der Waals surface area contributed by atoms with Crippen LogP contribution in [0.5, 0.6) is 5.75 Å². The Hall–Kier alpha value is -1.52. The van der Waals surface area contributed by atoms with E-state index in [2.05, 4.69) is 28.9 Å². The van der Waals surface area contributed by atoms with Gasteiger partial charge in [0.1, 0.15) is 5.75 Å². The number of H-pyrrole nitrogens is 1. The van der Waals surface area contributed by atoms with Crippen molar-refractivity contribution in [2.24, 2.45) is 11.8 Å². The van der Waals surface area contributed by atoms with Gasteiger partial charge in [-0.05, 0) is 54.9 Å². The van der Waals surface area contributed by atoms with Crippen LogP contribution >= 0.6 is 0 Å². The molecule has 0 bridgehead atoms. The fourth-order valence-corrected chi connectivity index (χ4v) is 4.92. The number of aliphatic hydroxyl groups excluding tert-OH is 1. The number of aromatic amines is 1. The molecule has 4 heteroatoms. The van der Waals surface area contributed by atoms with Gasteiger partial charge in [0.15, 0.2) is 0 Å². The molecule has 1 saturated heterocycles. The third-order valence-corrected chi connectivity index (χ3v) is 6.26. The second-order valence-electron chi connectivity index (χ2n) is 7.37. The third-order valence-electron chi connectivity index (χ3n) is 6.26. The zero-order valence-electron chi connectivity index (χ0n) is 14.7. The van der Waals surface area contributed by atoms with E-state index in [4.69, 9.17) is 4.74 Å². The van der Waals surface area contributed by atoms with Gasteiger partial charge in [-0.25, -0.2) is 0 Å². The number of ether oxygens (including phenoxy) is 1. The highest BCUT2D eigenvalue weighted by Crippen LogP contribution is 2.44. The molecule has 4 rings (SSSR count). The number of nitrogens with zero attached hydrogens (tertiary/aromatic N) is 1. The smallest absolute Gasteiger partial charge is 0.119 e. The van der Waals surface area contributed by atoms with Gasteiger partial charge in [-0.1, -0.05) is 13.3 Å². The van der Waals surface area contributed by atoms with E-state index >= 15 is 0 Å². The van der Waals surface area contributed by atoms with Gasteiger partial charge in [-0.3, -0.25) is 4.90 Å². The highest BCUT2D eigenvalue weighted by Gasteiger charge is 2.39. The van der Waals surface area contributed by atoms with Crippen molar-refractivity contribution >= 4 is 10.9 Å². The first-order valence-corrected chi connectivity index (χ1v) is 9.28. The Balaban J connectivity index is 1.71. The standard InChI is InChI=1S/C20H28N2O2/c1-3-13-12-22-8-6-16-17-11-15(24-2)4-5-18(17)21-20(16)19(22)10-14(13)7-9-23/h4-5,11,13-14,19,21,23H,3,6-10,12H2,1-2H3/t13-,14+,19+/m1/s1. The Bertz CT molecular complexity index is 724. The fraction of sp³-hybridized carbons (Fsp3) is 0.600. The molecule has 3 atom stereocenters. The van der Waals surface area contributed by atoms with E-state index in [1.54, 1.807) is 7.11 Å². The van der Waals surface area contributed by atoms with Crippen molar-refractivity contribution < 1.29 is 9.84 Å². The lowest BCUT2D eigenvalue weighted by Gasteiger charge is -2.46. The van der Waals surface area contributed by atoms with Crippen molar-refractivity contribution in [3.63, 3.8) is 0 Å². The van der Waals surface area contributed by atoms with Gasteiger partial charge in [-0.15, -0.1) is 0 Å². The van der Waals surface area contributed by atoms with Crippen LogP contribution in [0.25, 0.3) is 10.9 Å². The summed E-state index contributed by atoms with van der Waals surface area (Å²) in [5, 5.41) is 10.8. The van der Waals surface area contributed by atoms with Crippen LogP contribution in [-0.2, 0) is 6.42 Å². The number of rotatable bonds is 4. The Morgan fingerprint density at radius 1 is 1.33 bits per heavy atom. The summed E-state index contributed by atoms with van der Waals surface area (Å²) >= 11 is 0. The second-order valence-corrected chi connectivity index (χ2v) is 7.37. The summed E-state index contributed by atoms with van der Waals surface area (Å²) in [6.07, 6.45) is 4.42. The van der Waals surface area contributed by atoms with Crippen molar-refractivity contribution in [3.8, 4) is 5.75 Å². The molecule has 2 aliphatic heterocycles. The minimum Gasteiger partial charge on any atom is -0.497 e. The molecule has 2 aromatic rings. The Labute approximate surface area is 143 Å². The molecular formula is C20H28N2O2. The number of fused-ring (bicyclic) bond motifs is 5. The quantitative estimate of drug-likeness (QED) is 0.903. The molecule has 2 N–H and O–H groups in total. The van der Waals surface area contributed by atoms with Crippen LogP contribution in [0, 0.1) is 11.8 Å². The van der Waals surface area contributed by atoms with Gasteiger partial charge in [-0.2, -0.15) is 0 Å². The minimum atomic E-state index is 0.310. The molecule has 3 heterocycles. The predicted molar refractivity (Wildman–Crippen MR) is 96.5 cm³/mol. The number of methoxy groups -OCH3 is 1. The molecule has 0 unspecified atom stereocenters. The second kappa shape index (κ2) is 6.41. The van der Waals surface area contributed by atoms with Crippen LogP contribution in [0.4, 0.5) is 0 Å². The predicted octanol–water partition coefficient (Wildman–Crippen LogP) is 3.50. The summed E-state index contributed by atoms with van der Waals surface area (Å²) in [7, 11) is 1.73. The molecule has 24 heavy (non-hydrogen) atoms. The first-order chi connectivity index (χ1) is 11.7. The lowest BCUT2D eigenvalue weighted by Crippen LogP contribution is -2.46. The molecule has 0 saturated carbocycles. The number of aliphatic hydroxyl groups is 1. The molecule has 0 amide bonds. The molecular weight excluding hydrogens is 300 g/mol. The van der Waals surface area contributed by atoms with Gasteiger partial charge in [0, 0.05) is 36.3 Å². The Morgan fingerprint density at radius 3 is 2.96 bits per heavy atom. The van der Waals surface area contributed by atoms with Crippen molar-refractivity contribution in [2.45, 2.75) is 38.6 Å². The molecule has 0 aliphatic carbocycles. The lowest BCUT2D eigenvalue weighted by molar-refractivity contribution is 0.0396. The van der Waals surface area contributed by atoms with E-state index in [0.29, 0.717) is 18.6 Å². The maximum atomic E-state index is 9.46. The summed E-state index contributed by atoms with van der Waals surface area (Å²) in [6.45, 7) is 4.92. The zero-order valence-corrected chi connectivity index (χ0v) is 14.7. The van der Waals surface area contributed by atoms with Crippen molar-refractivity contribution in [2.75, 3.05) is 26.8 Å². The third kappa shape index (κ3) is 2.52. The van der Waals surface area contributed by atoms with E-state index in [-0.39, 0.29) is 0 Å². The topological polar surface area (TPSA) is 48.5 Å². The van der Waals surface area contributed by atoms with E-state index in [0.717, 1.165) is 37.5 Å². The van der Waals surface area contributed by atoms with Gasteiger partial charge >= 0.3 is 0 Å². The molecule has 0 radical (unpaired) electrons.